The molecule has 0 atom stereocenters. The summed E-state index contributed by atoms with van der Waals surface area (Å²) in [6.45, 7) is 0. The Morgan fingerprint density at radius 2 is 2.20 bits per heavy atom. The minimum atomic E-state index is 0.0936. The van der Waals surface area contributed by atoms with Crippen molar-refractivity contribution in [3.63, 3.8) is 0 Å². The fourth-order valence-electron chi connectivity index (χ4n) is 1.42. The fraction of sp³-hybridized carbons (Fsp3) is 0.273. The number of thiocarbonyl (C=S) groups is 1. The Kier molecular flexibility index (Phi) is 3.28. The van der Waals surface area contributed by atoms with Gasteiger partial charge in [0.2, 0.25) is 0 Å². The number of nitrogens with zero attached hydrogens (tertiary/aromatic N) is 1. The third kappa shape index (κ3) is 2.73. The molecule has 78 valence electrons. The highest BCUT2D eigenvalue weighted by molar-refractivity contribution is 7.80. The van der Waals surface area contributed by atoms with Crippen molar-refractivity contribution in [2.45, 2.75) is 19.3 Å². The van der Waals surface area contributed by atoms with Crippen molar-refractivity contribution in [1.29, 1.82) is 0 Å². The van der Waals surface area contributed by atoms with Crippen molar-refractivity contribution < 1.29 is 5.11 Å². The highest BCUT2D eigenvalue weighted by Crippen LogP contribution is 2.22. The smallest absolute Gasteiger partial charge is 0.156 e. The van der Waals surface area contributed by atoms with Gasteiger partial charge in [-0.3, -0.25) is 0 Å². The van der Waals surface area contributed by atoms with Crippen molar-refractivity contribution in [2.24, 2.45) is 0 Å². The zero-order chi connectivity index (χ0) is 10.7. The average molecular weight is 237 g/mol. The molecule has 0 aliphatic carbocycles. The van der Waals surface area contributed by atoms with Crippen molar-refractivity contribution in [2.75, 3.05) is 0 Å². The molecule has 0 unspecified atom stereocenters. The molecule has 1 aromatic heterocycles. The SMILES string of the molecule is OC(=S)CCCc1nc2ccccc2s1. The van der Waals surface area contributed by atoms with Gasteiger partial charge in [-0.05, 0) is 37.2 Å². The van der Waals surface area contributed by atoms with Gasteiger partial charge in [-0.1, -0.05) is 12.1 Å². The molecule has 0 amide bonds. The monoisotopic (exact) mass is 237 g/mol. The number of hydrogen-bond donors (Lipinski definition) is 1. The van der Waals surface area contributed by atoms with E-state index < -0.39 is 0 Å². The van der Waals surface area contributed by atoms with Crippen LogP contribution in [0.5, 0.6) is 0 Å². The quantitative estimate of drug-likeness (QED) is 0.826. The molecule has 15 heavy (non-hydrogen) atoms. The van der Waals surface area contributed by atoms with E-state index in [2.05, 4.69) is 23.3 Å². The van der Waals surface area contributed by atoms with Gasteiger partial charge in [0.15, 0.2) is 5.05 Å². The minimum Gasteiger partial charge on any atom is -0.502 e. The summed E-state index contributed by atoms with van der Waals surface area (Å²) in [4.78, 5) is 4.50. The molecular weight excluding hydrogens is 226 g/mol. The average Bonchev–Trinajstić information content (AvgIpc) is 2.59. The van der Waals surface area contributed by atoms with Crippen molar-refractivity contribution in [3.05, 3.63) is 29.3 Å². The molecule has 2 rings (SSSR count). The number of thiazole rings is 1. The number of aryl methyl sites for hydroxylation is 1. The molecule has 2 aromatic rings. The highest BCUT2D eigenvalue weighted by Gasteiger charge is 2.03. The number of fused-ring (bicyclic) bond motifs is 1. The lowest BCUT2D eigenvalue weighted by molar-refractivity contribution is 0.543. The number of benzene rings is 1. The van der Waals surface area contributed by atoms with Crippen LogP contribution in [0, 0.1) is 0 Å². The molecule has 0 bridgehead atoms. The number of para-hydroxylation sites is 1. The summed E-state index contributed by atoms with van der Waals surface area (Å²) < 4.78 is 1.22. The Labute approximate surface area is 97.6 Å². The maximum atomic E-state index is 8.88. The largest absolute Gasteiger partial charge is 0.502 e. The van der Waals surface area contributed by atoms with Crippen LogP contribution in [0.2, 0.25) is 0 Å². The van der Waals surface area contributed by atoms with Crippen LogP contribution < -0.4 is 0 Å². The summed E-state index contributed by atoms with van der Waals surface area (Å²) in [6, 6.07) is 8.11. The lowest BCUT2D eigenvalue weighted by atomic mass is 10.2. The second-order valence-electron chi connectivity index (χ2n) is 3.32. The first kappa shape index (κ1) is 10.5. The lowest BCUT2D eigenvalue weighted by Gasteiger charge is -1.93. The fourth-order valence-corrected chi connectivity index (χ4v) is 2.57. The Hall–Kier alpha value is -1.00. The van der Waals surface area contributed by atoms with Gasteiger partial charge in [-0.25, -0.2) is 4.98 Å². The molecule has 1 heterocycles. The maximum absolute atomic E-state index is 8.88. The van der Waals surface area contributed by atoms with E-state index in [1.54, 1.807) is 11.3 Å². The second kappa shape index (κ2) is 4.68. The predicted molar refractivity (Wildman–Crippen MR) is 67.8 cm³/mol. The molecule has 0 spiro atoms. The molecule has 0 saturated heterocycles. The molecule has 0 aliphatic rings. The van der Waals surface area contributed by atoms with Crippen molar-refractivity contribution in [1.82, 2.24) is 4.98 Å². The van der Waals surface area contributed by atoms with E-state index in [1.807, 2.05) is 18.2 Å². The first-order valence-electron chi connectivity index (χ1n) is 4.82. The van der Waals surface area contributed by atoms with Gasteiger partial charge in [0.05, 0.1) is 15.2 Å². The van der Waals surface area contributed by atoms with E-state index in [0.717, 1.165) is 23.4 Å². The zero-order valence-corrected chi connectivity index (χ0v) is 9.77. The third-order valence-electron chi connectivity index (χ3n) is 2.12. The Bertz CT molecular complexity index is 445. The van der Waals surface area contributed by atoms with Gasteiger partial charge in [-0.15, -0.1) is 11.3 Å². The molecule has 0 aliphatic heterocycles. The van der Waals surface area contributed by atoms with Crippen LogP contribution in [0.4, 0.5) is 0 Å². The molecule has 0 saturated carbocycles. The molecular formula is C11H11NOS2. The first-order valence-corrected chi connectivity index (χ1v) is 6.04. The second-order valence-corrected chi connectivity index (χ2v) is 4.91. The van der Waals surface area contributed by atoms with Crippen LogP contribution in [-0.2, 0) is 6.42 Å². The third-order valence-corrected chi connectivity index (χ3v) is 3.42. The van der Waals surface area contributed by atoms with Gasteiger partial charge >= 0.3 is 0 Å². The highest BCUT2D eigenvalue weighted by atomic mass is 32.1. The molecule has 1 N–H and O–H groups in total. The van der Waals surface area contributed by atoms with E-state index >= 15 is 0 Å². The van der Waals surface area contributed by atoms with Gasteiger partial charge in [0.25, 0.3) is 0 Å². The Morgan fingerprint density at radius 3 is 2.93 bits per heavy atom. The molecule has 1 aromatic carbocycles. The van der Waals surface area contributed by atoms with Gasteiger partial charge in [0.1, 0.15) is 0 Å². The lowest BCUT2D eigenvalue weighted by Crippen LogP contribution is -1.92. The number of hydrogen-bond acceptors (Lipinski definition) is 3. The van der Waals surface area contributed by atoms with Crippen LogP contribution in [0.25, 0.3) is 10.2 Å². The summed E-state index contributed by atoms with van der Waals surface area (Å²) in [7, 11) is 0. The maximum Gasteiger partial charge on any atom is 0.156 e. The van der Waals surface area contributed by atoms with E-state index in [1.165, 1.54) is 4.70 Å². The van der Waals surface area contributed by atoms with E-state index in [0.29, 0.717) is 6.42 Å². The summed E-state index contributed by atoms with van der Waals surface area (Å²) >= 11 is 6.33. The zero-order valence-electron chi connectivity index (χ0n) is 8.14. The predicted octanol–water partition coefficient (Wildman–Crippen LogP) is 3.50. The Morgan fingerprint density at radius 1 is 1.40 bits per heavy atom. The van der Waals surface area contributed by atoms with E-state index in [9.17, 15) is 0 Å². The molecule has 0 fully saturated rings. The van der Waals surface area contributed by atoms with Crippen LogP contribution >= 0.6 is 23.6 Å². The molecule has 4 heteroatoms. The summed E-state index contributed by atoms with van der Waals surface area (Å²) in [5.41, 5.74) is 1.06. The normalized spacial score (nSPS) is 10.7. The van der Waals surface area contributed by atoms with Crippen LogP contribution in [-0.4, -0.2) is 15.1 Å². The summed E-state index contributed by atoms with van der Waals surface area (Å²) in [5.74, 6) is 0. The van der Waals surface area contributed by atoms with Crippen LogP contribution in [0.1, 0.15) is 17.8 Å². The number of rotatable bonds is 4. The van der Waals surface area contributed by atoms with Gasteiger partial charge < -0.3 is 5.11 Å². The number of aliphatic hydroxyl groups excluding tert-OH is 1. The molecule has 0 radical (unpaired) electrons. The summed E-state index contributed by atoms with van der Waals surface area (Å²) in [5, 5.41) is 10.1. The van der Waals surface area contributed by atoms with Crippen molar-refractivity contribution >= 4 is 38.8 Å². The standard InChI is InChI=1S/C11H11NOS2/c13-11(14)7-3-6-10-12-8-4-1-2-5-9(8)15-10/h1-2,4-5H,3,6-7H2,(H,13,14). The van der Waals surface area contributed by atoms with Gasteiger partial charge in [-0.2, -0.15) is 0 Å². The van der Waals surface area contributed by atoms with Gasteiger partial charge in [0, 0.05) is 6.42 Å². The Balaban J connectivity index is 2.05. The number of aromatic nitrogens is 1. The number of aliphatic hydroxyl groups is 1. The topological polar surface area (TPSA) is 33.1 Å². The molecule has 2 nitrogen and oxygen atoms in total. The summed E-state index contributed by atoms with van der Waals surface area (Å²) in [6.07, 6.45) is 2.35. The van der Waals surface area contributed by atoms with E-state index in [-0.39, 0.29) is 5.05 Å². The minimum absolute atomic E-state index is 0.0936. The van der Waals surface area contributed by atoms with Crippen molar-refractivity contribution in [3.8, 4) is 0 Å². The van der Waals surface area contributed by atoms with E-state index in [4.69, 9.17) is 5.11 Å². The first-order chi connectivity index (χ1) is 7.25. The van der Waals surface area contributed by atoms with Crippen LogP contribution in [0.3, 0.4) is 0 Å². The van der Waals surface area contributed by atoms with Crippen LogP contribution in [0.15, 0.2) is 24.3 Å².